The van der Waals surface area contributed by atoms with E-state index in [-0.39, 0.29) is 0 Å². The minimum absolute atomic E-state index is 0.489. The molecule has 1 unspecified atom stereocenters. The molecule has 144 valence electrons. The Hall–Kier alpha value is -2.72. The van der Waals surface area contributed by atoms with Gasteiger partial charge in [0.25, 0.3) is 0 Å². The number of ether oxygens (including phenoxy) is 1. The second-order valence-corrected chi connectivity index (χ2v) is 7.48. The first-order valence-electron chi connectivity index (χ1n) is 10.0. The molecule has 0 N–H and O–H groups in total. The first-order chi connectivity index (χ1) is 13.8. The van der Waals surface area contributed by atoms with E-state index < -0.39 is 0 Å². The molecular formula is C24H27N3O. The summed E-state index contributed by atoms with van der Waals surface area (Å²) in [4.78, 5) is 12.0. The van der Waals surface area contributed by atoms with Gasteiger partial charge in [0, 0.05) is 43.0 Å². The van der Waals surface area contributed by atoms with Gasteiger partial charge in [0.05, 0.1) is 12.8 Å². The molecule has 0 saturated carbocycles. The third kappa shape index (κ3) is 4.76. The van der Waals surface area contributed by atoms with Gasteiger partial charge >= 0.3 is 0 Å². The molecular weight excluding hydrogens is 346 g/mol. The molecule has 0 radical (unpaired) electrons. The minimum atomic E-state index is 0.489. The standard InChI is InChI=1S/C24H27N3O/c1-28-23-11-4-7-19(16-23)15-21-10-5-12-24(26-21)20-8-6-14-27(17-20)18-22-9-2-3-13-25-22/h2-5,7,9-13,16,20H,6,8,14-15,17-18H2,1H3. The van der Waals surface area contributed by atoms with Crippen LogP contribution >= 0.6 is 0 Å². The number of hydrogen-bond donors (Lipinski definition) is 0. The summed E-state index contributed by atoms with van der Waals surface area (Å²) in [6.45, 7) is 3.10. The number of benzene rings is 1. The summed E-state index contributed by atoms with van der Waals surface area (Å²) in [6.07, 6.45) is 5.11. The van der Waals surface area contributed by atoms with Crippen molar-refractivity contribution < 1.29 is 4.74 Å². The molecule has 1 aliphatic rings. The Labute approximate surface area is 167 Å². The zero-order chi connectivity index (χ0) is 19.2. The van der Waals surface area contributed by atoms with Crippen LogP contribution in [0.5, 0.6) is 5.75 Å². The highest BCUT2D eigenvalue weighted by molar-refractivity contribution is 5.31. The number of pyridine rings is 2. The van der Waals surface area contributed by atoms with Crippen molar-refractivity contribution in [3.63, 3.8) is 0 Å². The average Bonchev–Trinajstić information content (AvgIpc) is 2.75. The highest BCUT2D eigenvalue weighted by atomic mass is 16.5. The van der Waals surface area contributed by atoms with Crippen molar-refractivity contribution in [1.29, 1.82) is 0 Å². The third-order valence-electron chi connectivity index (χ3n) is 5.38. The highest BCUT2D eigenvalue weighted by Gasteiger charge is 2.22. The molecule has 3 heterocycles. The maximum absolute atomic E-state index is 5.34. The van der Waals surface area contributed by atoms with Crippen LogP contribution in [0.3, 0.4) is 0 Å². The van der Waals surface area contributed by atoms with E-state index in [4.69, 9.17) is 9.72 Å². The van der Waals surface area contributed by atoms with Gasteiger partial charge in [0.2, 0.25) is 0 Å². The van der Waals surface area contributed by atoms with Gasteiger partial charge in [-0.25, -0.2) is 0 Å². The van der Waals surface area contributed by atoms with E-state index in [1.54, 1.807) is 7.11 Å². The van der Waals surface area contributed by atoms with Crippen LogP contribution in [0.4, 0.5) is 0 Å². The fourth-order valence-corrected chi connectivity index (χ4v) is 3.98. The topological polar surface area (TPSA) is 38.2 Å². The van der Waals surface area contributed by atoms with Crippen molar-refractivity contribution in [2.45, 2.75) is 31.7 Å². The monoisotopic (exact) mass is 373 g/mol. The van der Waals surface area contributed by atoms with Gasteiger partial charge in [0.1, 0.15) is 5.75 Å². The van der Waals surface area contributed by atoms with E-state index in [1.165, 1.54) is 24.1 Å². The number of aromatic nitrogens is 2. The Kier molecular flexibility index (Phi) is 5.98. The summed E-state index contributed by atoms with van der Waals surface area (Å²) < 4.78 is 5.34. The van der Waals surface area contributed by atoms with Gasteiger partial charge < -0.3 is 4.74 Å². The van der Waals surface area contributed by atoms with Gasteiger partial charge in [-0.05, 0) is 61.3 Å². The number of likely N-dealkylation sites (tertiary alicyclic amines) is 1. The number of piperidine rings is 1. The number of nitrogens with zero attached hydrogens (tertiary/aromatic N) is 3. The second-order valence-electron chi connectivity index (χ2n) is 7.48. The number of methoxy groups -OCH3 is 1. The molecule has 0 spiro atoms. The molecule has 2 aromatic heterocycles. The van der Waals surface area contributed by atoms with Gasteiger partial charge in [-0.1, -0.05) is 24.3 Å². The van der Waals surface area contributed by atoms with Crippen molar-refractivity contribution in [3.05, 3.63) is 89.5 Å². The summed E-state index contributed by atoms with van der Waals surface area (Å²) in [6, 6.07) is 20.8. The molecule has 0 bridgehead atoms. The van der Waals surface area contributed by atoms with Crippen LogP contribution in [-0.2, 0) is 13.0 Å². The molecule has 1 fully saturated rings. The van der Waals surface area contributed by atoms with E-state index in [1.807, 2.05) is 24.4 Å². The molecule has 0 amide bonds. The lowest BCUT2D eigenvalue weighted by Crippen LogP contribution is -2.34. The maximum atomic E-state index is 5.34. The van der Waals surface area contributed by atoms with E-state index in [0.29, 0.717) is 5.92 Å². The molecule has 1 atom stereocenters. The summed E-state index contributed by atoms with van der Waals surface area (Å²) in [5.74, 6) is 1.38. The van der Waals surface area contributed by atoms with Gasteiger partial charge in [0.15, 0.2) is 0 Å². The van der Waals surface area contributed by atoms with Crippen LogP contribution in [0.15, 0.2) is 66.9 Å². The van der Waals surface area contributed by atoms with E-state index >= 15 is 0 Å². The Balaban J connectivity index is 1.44. The first kappa shape index (κ1) is 18.6. The zero-order valence-corrected chi connectivity index (χ0v) is 16.4. The largest absolute Gasteiger partial charge is 0.497 e. The first-order valence-corrected chi connectivity index (χ1v) is 10.0. The normalized spacial score (nSPS) is 17.4. The molecule has 0 aliphatic carbocycles. The van der Waals surface area contributed by atoms with Crippen LogP contribution in [0.2, 0.25) is 0 Å². The van der Waals surface area contributed by atoms with Crippen molar-refractivity contribution in [2.75, 3.05) is 20.2 Å². The lowest BCUT2D eigenvalue weighted by atomic mass is 9.93. The summed E-state index contributed by atoms with van der Waals surface area (Å²) in [7, 11) is 1.71. The highest BCUT2D eigenvalue weighted by Crippen LogP contribution is 2.27. The van der Waals surface area contributed by atoms with E-state index in [2.05, 4.69) is 52.3 Å². The maximum Gasteiger partial charge on any atom is 0.119 e. The quantitative estimate of drug-likeness (QED) is 0.640. The smallest absolute Gasteiger partial charge is 0.119 e. The fraction of sp³-hybridized carbons (Fsp3) is 0.333. The molecule has 4 nitrogen and oxygen atoms in total. The molecule has 1 saturated heterocycles. The molecule has 1 aliphatic heterocycles. The second kappa shape index (κ2) is 8.98. The van der Waals surface area contributed by atoms with Gasteiger partial charge in [-0.2, -0.15) is 0 Å². The van der Waals surface area contributed by atoms with E-state index in [0.717, 1.165) is 43.2 Å². The summed E-state index contributed by atoms with van der Waals surface area (Å²) >= 11 is 0. The fourth-order valence-electron chi connectivity index (χ4n) is 3.98. The Morgan fingerprint density at radius 2 is 1.93 bits per heavy atom. The van der Waals surface area contributed by atoms with Crippen LogP contribution in [0, 0.1) is 0 Å². The lowest BCUT2D eigenvalue weighted by Gasteiger charge is -2.32. The van der Waals surface area contributed by atoms with Crippen molar-refractivity contribution in [2.24, 2.45) is 0 Å². The van der Waals surface area contributed by atoms with Crippen molar-refractivity contribution in [3.8, 4) is 5.75 Å². The summed E-state index contributed by atoms with van der Waals surface area (Å²) in [5.41, 5.74) is 4.70. The predicted molar refractivity (Wildman–Crippen MR) is 112 cm³/mol. The Morgan fingerprint density at radius 3 is 2.79 bits per heavy atom. The summed E-state index contributed by atoms with van der Waals surface area (Å²) in [5, 5.41) is 0. The Bertz CT molecular complexity index is 897. The van der Waals surface area contributed by atoms with Gasteiger partial charge in [-0.3, -0.25) is 14.9 Å². The predicted octanol–water partition coefficient (Wildman–Crippen LogP) is 4.46. The van der Waals surface area contributed by atoms with Crippen molar-refractivity contribution in [1.82, 2.24) is 14.9 Å². The van der Waals surface area contributed by atoms with Crippen LogP contribution in [0.1, 0.15) is 41.4 Å². The molecule has 4 rings (SSSR count). The lowest BCUT2D eigenvalue weighted by molar-refractivity contribution is 0.196. The zero-order valence-electron chi connectivity index (χ0n) is 16.4. The minimum Gasteiger partial charge on any atom is -0.497 e. The van der Waals surface area contributed by atoms with E-state index in [9.17, 15) is 0 Å². The number of hydrogen-bond acceptors (Lipinski definition) is 4. The number of rotatable bonds is 6. The van der Waals surface area contributed by atoms with Crippen LogP contribution < -0.4 is 4.74 Å². The molecule has 28 heavy (non-hydrogen) atoms. The Morgan fingerprint density at radius 1 is 1.04 bits per heavy atom. The van der Waals surface area contributed by atoms with Crippen molar-refractivity contribution >= 4 is 0 Å². The SMILES string of the molecule is COc1cccc(Cc2cccc(C3CCCN(Cc4ccccn4)C3)n2)c1. The molecule has 3 aromatic rings. The average molecular weight is 374 g/mol. The molecule has 4 heteroatoms. The van der Waals surface area contributed by atoms with Crippen LogP contribution in [-0.4, -0.2) is 35.1 Å². The van der Waals surface area contributed by atoms with Gasteiger partial charge in [-0.15, -0.1) is 0 Å². The third-order valence-corrected chi connectivity index (χ3v) is 5.38. The van der Waals surface area contributed by atoms with Crippen LogP contribution in [0.25, 0.3) is 0 Å². The molecule has 1 aromatic carbocycles.